The summed E-state index contributed by atoms with van der Waals surface area (Å²) in [6.07, 6.45) is 6.47. The Bertz CT molecular complexity index is 282. The van der Waals surface area contributed by atoms with Crippen molar-refractivity contribution in [2.45, 2.75) is 65.6 Å². The molecule has 0 aromatic heterocycles. The molecule has 1 rings (SSSR count). The number of nitrogens with one attached hydrogen (secondary N) is 1. The zero-order valence-corrected chi connectivity index (χ0v) is 14.0. The van der Waals surface area contributed by atoms with E-state index in [-0.39, 0.29) is 0 Å². The topological polar surface area (TPSA) is 12.0 Å². The molecule has 0 atom stereocenters. The smallest absolute Gasteiger partial charge is 0.0330 e. The first-order valence-corrected chi connectivity index (χ1v) is 8.77. The van der Waals surface area contributed by atoms with Crippen molar-refractivity contribution in [3.63, 3.8) is 0 Å². The molecule has 0 bridgehead atoms. The summed E-state index contributed by atoms with van der Waals surface area (Å²) in [5.41, 5.74) is 2.83. The van der Waals surface area contributed by atoms with Gasteiger partial charge in [0.1, 0.15) is 0 Å². The van der Waals surface area contributed by atoms with Crippen LogP contribution in [-0.4, -0.2) is 6.54 Å². The van der Waals surface area contributed by atoms with Crippen molar-refractivity contribution in [2.75, 3.05) is 6.54 Å². The van der Waals surface area contributed by atoms with Crippen molar-refractivity contribution in [1.29, 1.82) is 0 Å². The Kier molecular flexibility index (Phi) is 13.6. The summed E-state index contributed by atoms with van der Waals surface area (Å²) in [6, 6.07) is 8.95. The maximum absolute atomic E-state index is 3.44. The summed E-state index contributed by atoms with van der Waals surface area (Å²) >= 11 is 1.83. The number of unbranched alkanes of at least 4 members (excludes halogenated alkanes) is 3. The number of hydrogen-bond acceptors (Lipinski definition) is 2. The van der Waals surface area contributed by atoms with Gasteiger partial charge in [0.2, 0.25) is 0 Å². The fraction of sp³-hybridized carbons (Fsp3) is 0.647. The van der Waals surface area contributed by atoms with Gasteiger partial charge < -0.3 is 0 Å². The minimum absolute atomic E-state index is 1.07. The van der Waals surface area contributed by atoms with Crippen molar-refractivity contribution in [1.82, 2.24) is 4.72 Å². The summed E-state index contributed by atoms with van der Waals surface area (Å²) in [4.78, 5) is 0. The third-order valence-corrected chi connectivity index (χ3v) is 3.79. The summed E-state index contributed by atoms with van der Waals surface area (Å²) in [6.45, 7) is 9.58. The molecule has 0 aliphatic heterocycles. The second kappa shape index (κ2) is 14.0. The van der Waals surface area contributed by atoms with Crippen LogP contribution in [0.25, 0.3) is 0 Å². The molecule has 0 amide bonds. The number of aryl methyl sites for hydroxylation is 1. The van der Waals surface area contributed by atoms with E-state index >= 15 is 0 Å². The molecule has 110 valence electrons. The van der Waals surface area contributed by atoms with Gasteiger partial charge >= 0.3 is 0 Å². The van der Waals surface area contributed by atoms with Gasteiger partial charge in [-0.3, -0.25) is 4.72 Å². The quantitative estimate of drug-likeness (QED) is 0.467. The van der Waals surface area contributed by atoms with Gasteiger partial charge in [0.25, 0.3) is 0 Å². The van der Waals surface area contributed by atoms with Crippen LogP contribution < -0.4 is 4.72 Å². The van der Waals surface area contributed by atoms with Gasteiger partial charge in [-0.05, 0) is 24.0 Å². The second-order valence-corrected chi connectivity index (χ2v) is 5.28. The molecule has 0 saturated carbocycles. The van der Waals surface area contributed by atoms with E-state index in [0.717, 1.165) is 18.7 Å². The normalized spacial score (nSPS) is 9.89. The Morgan fingerprint density at radius 2 is 1.53 bits per heavy atom. The molecule has 0 unspecified atom stereocenters. The molecular weight excluding hydrogens is 250 g/mol. The highest BCUT2D eigenvalue weighted by molar-refractivity contribution is 7.96. The first kappa shape index (κ1) is 18.5. The minimum atomic E-state index is 1.07. The molecule has 0 heterocycles. The predicted octanol–water partition coefficient (Wildman–Crippen LogP) is 5.59. The Morgan fingerprint density at radius 1 is 0.895 bits per heavy atom. The molecule has 0 aliphatic carbocycles. The van der Waals surface area contributed by atoms with Crippen LogP contribution in [0.5, 0.6) is 0 Å². The number of benzene rings is 1. The third-order valence-electron chi connectivity index (χ3n) is 2.90. The fourth-order valence-corrected chi connectivity index (χ4v) is 2.45. The van der Waals surface area contributed by atoms with E-state index < -0.39 is 0 Å². The predicted molar refractivity (Wildman–Crippen MR) is 90.6 cm³/mol. The molecule has 0 radical (unpaired) electrons. The van der Waals surface area contributed by atoms with Crippen molar-refractivity contribution < 1.29 is 0 Å². The highest BCUT2D eigenvalue weighted by Gasteiger charge is 1.94. The lowest BCUT2D eigenvalue weighted by atomic mass is 10.1. The first-order chi connectivity index (χ1) is 9.36. The zero-order valence-electron chi connectivity index (χ0n) is 13.2. The maximum atomic E-state index is 3.44. The van der Waals surface area contributed by atoms with E-state index in [1.165, 1.54) is 36.8 Å². The van der Waals surface area contributed by atoms with E-state index in [2.05, 4.69) is 42.8 Å². The largest absolute Gasteiger partial charge is 0.264 e. The first-order valence-electron chi connectivity index (χ1n) is 7.79. The van der Waals surface area contributed by atoms with E-state index in [1.54, 1.807) is 0 Å². The Morgan fingerprint density at radius 3 is 2.11 bits per heavy atom. The molecule has 0 saturated heterocycles. The lowest BCUT2D eigenvalue weighted by Gasteiger charge is -2.05. The maximum Gasteiger partial charge on any atom is 0.0330 e. The van der Waals surface area contributed by atoms with Gasteiger partial charge in [-0.1, -0.05) is 83.2 Å². The van der Waals surface area contributed by atoms with Crippen LogP contribution in [-0.2, 0) is 12.2 Å². The van der Waals surface area contributed by atoms with Crippen LogP contribution in [0.1, 0.15) is 64.5 Å². The van der Waals surface area contributed by atoms with Crippen molar-refractivity contribution >= 4 is 11.9 Å². The number of hydrogen-bond donors (Lipinski definition) is 1. The molecule has 1 aromatic carbocycles. The summed E-state index contributed by atoms with van der Waals surface area (Å²) in [7, 11) is 0. The van der Waals surface area contributed by atoms with Crippen molar-refractivity contribution in [2.24, 2.45) is 0 Å². The van der Waals surface area contributed by atoms with E-state index in [9.17, 15) is 0 Å². The monoisotopic (exact) mass is 281 g/mol. The van der Waals surface area contributed by atoms with Crippen LogP contribution in [0.3, 0.4) is 0 Å². The number of rotatable bonds is 9. The van der Waals surface area contributed by atoms with Crippen LogP contribution in [0.4, 0.5) is 0 Å². The summed E-state index contributed by atoms with van der Waals surface area (Å²) in [5.74, 6) is 1.07. The molecule has 1 nitrogen and oxygen atoms in total. The molecule has 0 fully saturated rings. The lowest BCUT2D eigenvalue weighted by molar-refractivity contribution is 0.662. The van der Waals surface area contributed by atoms with E-state index in [1.807, 2.05) is 25.8 Å². The average molecular weight is 282 g/mol. The molecule has 19 heavy (non-hydrogen) atoms. The van der Waals surface area contributed by atoms with Crippen molar-refractivity contribution in [3.8, 4) is 0 Å². The lowest BCUT2D eigenvalue weighted by Crippen LogP contribution is -2.05. The van der Waals surface area contributed by atoms with Crippen molar-refractivity contribution in [3.05, 3.63) is 35.4 Å². The molecule has 0 aliphatic rings. The van der Waals surface area contributed by atoms with Gasteiger partial charge in [-0.2, -0.15) is 0 Å². The van der Waals surface area contributed by atoms with Gasteiger partial charge in [-0.15, -0.1) is 0 Å². The highest BCUT2D eigenvalue weighted by Crippen LogP contribution is 2.11. The van der Waals surface area contributed by atoms with Gasteiger partial charge in [0.15, 0.2) is 0 Å². The van der Waals surface area contributed by atoms with E-state index in [4.69, 9.17) is 0 Å². The third kappa shape index (κ3) is 10.0. The Balaban J connectivity index is 0.00000154. The SMILES string of the molecule is CC.CCCCCCNSCc1ccc(CC)cc1. The molecule has 1 aromatic rings. The fourth-order valence-electron chi connectivity index (χ4n) is 1.70. The molecular formula is C17H31NS. The Labute approximate surface area is 124 Å². The Hall–Kier alpha value is -0.470. The molecule has 1 N–H and O–H groups in total. The standard InChI is InChI=1S/C15H25NS.C2H6/c1-3-5-6-7-12-16-17-13-15-10-8-14(4-2)9-11-15;1-2/h8-11,16H,3-7,12-13H2,1-2H3;1-2H3. The zero-order chi connectivity index (χ0) is 14.3. The van der Waals surface area contributed by atoms with Gasteiger partial charge in [-0.25, -0.2) is 0 Å². The van der Waals surface area contributed by atoms with Crippen LogP contribution >= 0.6 is 11.9 Å². The van der Waals surface area contributed by atoms with E-state index in [0.29, 0.717) is 0 Å². The van der Waals surface area contributed by atoms with Crippen LogP contribution in [0, 0.1) is 0 Å². The van der Waals surface area contributed by atoms with Gasteiger partial charge in [0.05, 0.1) is 0 Å². The average Bonchev–Trinajstić information content (AvgIpc) is 2.49. The van der Waals surface area contributed by atoms with Crippen LogP contribution in [0.2, 0.25) is 0 Å². The molecule has 0 spiro atoms. The minimum Gasteiger partial charge on any atom is -0.264 e. The van der Waals surface area contributed by atoms with Crippen LogP contribution in [0.15, 0.2) is 24.3 Å². The second-order valence-electron chi connectivity index (χ2n) is 4.41. The molecule has 2 heteroatoms. The summed E-state index contributed by atoms with van der Waals surface area (Å²) < 4.78 is 3.44. The van der Waals surface area contributed by atoms with Gasteiger partial charge in [0, 0.05) is 12.3 Å². The summed E-state index contributed by atoms with van der Waals surface area (Å²) in [5, 5.41) is 0. The highest BCUT2D eigenvalue weighted by atomic mass is 32.2.